The lowest BCUT2D eigenvalue weighted by Crippen LogP contribution is -2.33. The molecule has 6 nitrogen and oxygen atoms in total. The molecule has 0 spiro atoms. The first-order valence-corrected chi connectivity index (χ1v) is 14.3. The van der Waals surface area contributed by atoms with Crippen molar-refractivity contribution in [3.8, 4) is 28.7 Å². The molecule has 0 aliphatic carbocycles. The van der Waals surface area contributed by atoms with Crippen LogP contribution in [0.15, 0.2) is 103 Å². The van der Waals surface area contributed by atoms with Crippen molar-refractivity contribution in [2.45, 2.75) is 12.8 Å². The number of nitrogens with zero attached hydrogens (tertiary/aromatic N) is 2. The summed E-state index contributed by atoms with van der Waals surface area (Å²) in [6, 6.07) is 31.2. The first kappa shape index (κ1) is 28.0. The number of hydrogen-bond acceptors (Lipinski definition) is 4. The average Bonchev–Trinajstić information content (AvgIpc) is 3.04. The van der Waals surface area contributed by atoms with Crippen LogP contribution in [0.2, 0.25) is 0 Å². The van der Waals surface area contributed by atoms with Crippen molar-refractivity contribution in [1.29, 1.82) is 0 Å². The monoisotopic (exact) mass is 572 g/mol. The van der Waals surface area contributed by atoms with Gasteiger partial charge < -0.3 is 18.9 Å². The highest BCUT2D eigenvalue weighted by atomic mass is 16.5. The van der Waals surface area contributed by atoms with Gasteiger partial charge in [0.15, 0.2) is 46.8 Å². The third-order valence-corrected chi connectivity index (χ3v) is 8.09. The Balaban J connectivity index is 1.42. The van der Waals surface area contributed by atoms with E-state index in [0.29, 0.717) is 35.2 Å². The van der Waals surface area contributed by atoms with Gasteiger partial charge in [0.05, 0.1) is 34.2 Å². The van der Waals surface area contributed by atoms with Gasteiger partial charge in [-0.3, -0.25) is 0 Å². The van der Waals surface area contributed by atoms with Crippen molar-refractivity contribution < 1.29 is 28.1 Å². The van der Waals surface area contributed by atoms with Crippen LogP contribution >= 0.6 is 0 Å². The number of aryl methyl sites for hydroxylation is 2. The number of pyridine rings is 2. The van der Waals surface area contributed by atoms with Gasteiger partial charge in [-0.15, -0.1) is 0 Å². The van der Waals surface area contributed by atoms with Crippen LogP contribution in [0.4, 0.5) is 0 Å². The van der Waals surface area contributed by atoms with E-state index < -0.39 is 0 Å². The quantitative estimate of drug-likeness (QED) is 0.182. The van der Waals surface area contributed by atoms with Gasteiger partial charge >= 0.3 is 0 Å². The van der Waals surface area contributed by atoms with Crippen LogP contribution in [0.25, 0.3) is 21.5 Å². The van der Waals surface area contributed by atoms with Crippen molar-refractivity contribution in [2.24, 2.45) is 14.1 Å². The van der Waals surface area contributed by atoms with Gasteiger partial charge in [-0.25, -0.2) is 9.13 Å². The molecular weight excluding hydrogens is 536 g/mol. The van der Waals surface area contributed by atoms with Gasteiger partial charge in [0.25, 0.3) is 0 Å². The number of fused-ring (bicyclic) bond motifs is 2. The summed E-state index contributed by atoms with van der Waals surface area (Å²) in [6.07, 6.45) is 5.57. The van der Waals surface area contributed by atoms with E-state index in [1.807, 2.05) is 18.2 Å². The molecule has 43 heavy (non-hydrogen) atoms. The lowest BCUT2D eigenvalue weighted by atomic mass is 10.0. The minimum absolute atomic E-state index is 0.599. The molecule has 6 aromatic rings. The number of methoxy groups -OCH3 is 3. The van der Waals surface area contributed by atoms with Crippen molar-refractivity contribution in [1.82, 2.24) is 0 Å². The third kappa shape index (κ3) is 5.56. The van der Waals surface area contributed by atoms with Crippen LogP contribution in [0.3, 0.4) is 0 Å². The van der Waals surface area contributed by atoms with E-state index in [4.69, 9.17) is 18.9 Å². The number of ether oxygens (including phenoxy) is 4. The second-order valence-corrected chi connectivity index (χ2v) is 10.7. The Morgan fingerprint density at radius 3 is 1.67 bits per heavy atom. The minimum atomic E-state index is 0.599. The van der Waals surface area contributed by atoms with Crippen LogP contribution in [-0.2, 0) is 26.9 Å². The summed E-state index contributed by atoms with van der Waals surface area (Å²) in [5.41, 5.74) is 4.48. The van der Waals surface area contributed by atoms with Crippen LogP contribution in [0.1, 0.15) is 22.5 Å². The molecule has 0 saturated carbocycles. The molecule has 0 radical (unpaired) electrons. The fourth-order valence-corrected chi connectivity index (χ4v) is 5.73. The summed E-state index contributed by atoms with van der Waals surface area (Å²) in [5, 5.41) is 4.83. The molecule has 6 rings (SSSR count). The standard InChI is InChI=1S/C37H36N2O4/c1-38-18-16-26-10-6-8-12-29(26)31(38)20-25-14-15-33(40-3)37(21-25)43-34-24-36(42-5)35(41-4)23-28(34)22-32-30-13-9-7-11-27(30)17-19-39(32)2/h6-19,21,23-24H,20,22H2,1-5H3/q+2. The van der Waals surface area contributed by atoms with Crippen molar-refractivity contribution in [3.05, 3.63) is 126 Å². The molecule has 0 atom stereocenters. The molecule has 216 valence electrons. The third-order valence-electron chi connectivity index (χ3n) is 8.09. The van der Waals surface area contributed by atoms with E-state index >= 15 is 0 Å². The van der Waals surface area contributed by atoms with Crippen molar-refractivity contribution >= 4 is 21.5 Å². The zero-order chi connectivity index (χ0) is 29.9. The predicted octanol–water partition coefficient (Wildman–Crippen LogP) is 6.64. The molecule has 2 heterocycles. The summed E-state index contributed by atoms with van der Waals surface area (Å²) in [7, 11) is 9.12. The van der Waals surface area contributed by atoms with Gasteiger partial charge in [0.2, 0.25) is 0 Å². The highest BCUT2D eigenvalue weighted by molar-refractivity contribution is 5.84. The zero-order valence-corrected chi connectivity index (χ0v) is 25.3. The maximum absolute atomic E-state index is 6.72. The lowest BCUT2D eigenvalue weighted by molar-refractivity contribution is -0.677. The molecule has 0 saturated heterocycles. The average molecular weight is 573 g/mol. The van der Waals surface area contributed by atoms with Gasteiger partial charge in [-0.05, 0) is 46.7 Å². The SMILES string of the molecule is COc1cc(Cc2c3ccccc3cc[n+]2C)c(Oc2cc(Cc3c4ccccc4cc[n+]3C)ccc2OC)cc1OC. The van der Waals surface area contributed by atoms with E-state index in [0.717, 1.165) is 17.5 Å². The Bertz CT molecular complexity index is 1950. The summed E-state index contributed by atoms with van der Waals surface area (Å²) >= 11 is 0. The van der Waals surface area contributed by atoms with Crippen LogP contribution in [0.5, 0.6) is 28.7 Å². The maximum atomic E-state index is 6.72. The number of aromatic nitrogens is 2. The molecule has 2 aromatic heterocycles. The second kappa shape index (κ2) is 12.0. The van der Waals surface area contributed by atoms with Gasteiger partial charge in [-0.1, -0.05) is 42.5 Å². The minimum Gasteiger partial charge on any atom is -0.493 e. The maximum Gasteiger partial charge on any atom is 0.193 e. The number of rotatable bonds is 9. The van der Waals surface area contributed by atoms with Gasteiger partial charge in [0.1, 0.15) is 19.8 Å². The fourth-order valence-electron chi connectivity index (χ4n) is 5.73. The van der Waals surface area contributed by atoms with Crippen LogP contribution in [0, 0.1) is 0 Å². The smallest absolute Gasteiger partial charge is 0.193 e. The van der Waals surface area contributed by atoms with E-state index in [2.05, 4.69) is 108 Å². The van der Waals surface area contributed by atoms with E-state index in [-0.39, 0.29) is 0 Å². The summed E-state index contributed by atoms with van der Waals surface area (Å²) in [4.78, 5) is 0. The molecule has 0 N–H and O–H groups in total. The van der Waals surface area contributed by atoms with E-state index in [9.17, 15) is 0 Å². The Hall–Kier alpha value is -5.10. The summed E-state index contributed by atoms with van der Waals surface area (Å²) in [6.45, 7) is 0. The Labute approximate surface area is 252 Å². The molecule has 0 fully saturated rings. The van der Waals surface area contributed by atoms with E-state index in [1.54, 1.807) is 21.3 Å². The first-order chi connectivity index (χ1) is 21.0. The topological polar surface area (TPSA) is 44.7 Å². The summed E-state index contributed by atoms with van der Waals surface area (Å²) < 4.78 is 28.2. The van der Waals surface area contributed by atoms with Crippen LogP contribution < -0.4 is 28.1 Å². The largest absolute Gasteiger partial charge is 0.493 e. The zero-order valence-electron chi connectivity index (χ0n) is 25.3. The molecule has 0 amide bonds. The highest BCUT2D eigenvalue weighted by Gasteiger charge is 2.21. The molecule has 6 heteroatoms. The lowest BCUT2D eigenvalue weighted by Gasteiger charge is -2.17. The molecule has 0 unspecified atom stereocenters. The van der Waals surface area contributed by atoms with Gasteiger partial charge in [-0.2, -0.15) is 0 Å². The van der Waals surface area contributed by atoms with Gasteiger partial charge in [0, 0.05) is 34.5 Å². The molecule has 4 aromatic carbocycles. The fraction of sp³-hybridized carbons (Fsp3) is 0.189. The Kier molecular flexibility index (Phi) is 7.84. The van der Waals surface area contributed by atoms with Crippen molar-refractivity contribution in [2.75, 3.05) is 21.3 Å². The Morgan fingerprint density at radius 1 is 0.512 bits per heavy atom. The first-order valence-electron chi connectivity index (χ1n) is 14.3. The van der Waals surface area contributed by atoms with Crippen LogP contribution in [-0.4, -0.2) is 21.3 Å². The molecule has 0 bridgehead atoms. The molecule has 0 aliphatic rings. The second-order valence-electron chi connectivity index (χ2n) is 10.7. The normalized spacial score (nSPS) is 11.1. The predicted molar refractivity (Wildman–Crippen MR) is 168 cm³/mol. The summed E-state index contributed by atoms with van der Waals surface area (Å²) in [5.74, 6) is 3.22. The number of hydrogen-bond donors (Lipinski definition) is 0. The molecule has 0 aliphatic heterocycles. The highest BCUT2D eigenvalue weighted by Crippen LogP contribution is 2.41. The van der Waals surface area contributed by atoms with E-state index in [1.165, 1.54) is 32.9 Å². The number of benzene rings is 4. The Morgan fingerprint density at radius 2 is 1.07 bits per heavy atom. The van der Waals surface area contributed by atoms with Crippen molar-refractivity contribution in [3.63, 3.8) is 0 Å². The molecular formula is C37H36N2O4+2.